The molecule has 8 nitrogen and oxygen atoms in total. The fourth-order valence-corrected chi connectivity index (χ4v) is 4.27. The van der Waals surface area contributed by atoms with Gasteiger partial charge in [-0.1, -0.05) is 0 Å². The highest BCUT2D eigenvalue weighted by Gasteiger charge is 2.21. The summed E-state index contributed by atoms with van der Waals surface area (Å²) in [6, 6.07) is 10.3. The topological polar surface area (TPSA) is 85.7 Å². The van der Waals surface area contributed by atoms with Gasteiger partial charge in [0.15, 0.2) is 0 Å². The molecule has 0 aliphatic carbocycles. The Kier molecular flexibility index (Phi) is 5.10. The molecule has 1 aliphatic heterocycles. The number of nitrogens with one attached hydrogen (secondary N) is 2. The molecule has 32 heavy (non-hydrogen) atoms. The molecule has 0 radical (unpaired) electrons. The van der Waals surface area contributed by atoms with Crippen molar-refractivity contribution in [2.45, 2.75) is 6.54 Å². The average molecular weight is 434 g/mol. The van der Waals surface area contributed by atoms with Gasteiger partial charge in [0.1, 0.15) is 11.3 Å². The van der Waals surface area contributed by atoms with Crippen molar-refractivity contribution in [3.05, 3.63) is 76.2 Å². The summed E-state index contributed by atoms with van der Waals surface area (Å²) >= 11 is 0. The summed E-state index contributed by atoms with van der Waals surface area (Å²) in [6.45, 7) is 3.59. The molecular formula is C23H23FN6O2. The maximum absolute atomic E-state index is 14.6. The maximum atomic E-state index is 14.6. The molecular weight excluding hydrogens is 411 g/mol. The normalized spacial score (nSPS) is 14.9. The molecule has 0 saturated carbocycles. The molecule has 9 heteroatoms. The van der Waals surface area contributed by atoms with E-state index in [-0.39, 0.29) is 17.4 Å². The molecule has 164 valence electrons. The van der Waals surface area contributed by atoms with Crippen LogP contribution in [-0.2, 0) is 6.54 Å². The molecule has 1 aliphatic rings. The number of carbonyl (C=O) groups excluding carboxylic acids is 1. The zero-order valence-corrected chi connectivity index (χ0v) is 17.6. The van der Waals surface area contributed by atoms with Crippen LogP contribution in [0.15, 0.2) is 53.6 Å². The van der Waals surface area contributed by atoms with Crippen molar-refractivity contribution in [3.8, 4) is 0 Å². The molecule has 0 unspecified atom stereocenters. The number of anilines is 1. The van der Waals surface area contributed by atoms with E-state index in [1.165, 1.54) is 13.1 Å². The molecule has 1 saturated heterocycles. The highest BCUT2D eigenvalue weighted by molar-refractivity contribution is 5.94. The molecule has 3 aromatic heterocycles. The van der Waals surface area contributed by atoms with E-state index in [9.17, 15) is 14.0 Å². The van der Waals surface area contributed by atoms with Crippen LogP contribution in [0, 0.1) is 5.82 Å². The largest absolute Gasteiger partial charge is 0.367 e. The van der Waals surface area contributed by atoms with Crippen molar-refractivity contribution in [3.63, 3.8) is 0 Å². The number of pyridine rings is 1. The van der Waals surface area contributed by atoms with Gasteiger partial charge >= 0.3 is 5.69 Å². The Morgan fingerprint density at radius 2 is 2.00 bits per heavy atom. The molecule has 0 atom stereocenters. The number of piperazine rings is 1. The minimum absolute atomic E-state index is 0.186. The number of amides is 1. The first-order chi connectivity index (χ1) is 15.5. The number of hydrogen-bond acceptors (Lipinski definition) is 5. The number of nitrogens with zero attached hydrogens (tertiary/aromatic N) is 4. The molecule has 2 N–H and O–H groups in total. The summed E-state index contributed by atoms with van der Waals surface area (Å²) < 4.78 is 16.1. The number of H-pyrrole nitrogens is 1. The van der Waals surface area contributed by atoms with Crippen molar-refractivity contribution in [2.24, 2.45) is 0 Å². The van der Waals surface area contributed by atoms with Crippen LogP contribution in [0.5, 0.6) is 0 Å². The first-order valence-corrected chi connectivity index (χ1v) is 10.5. The fourth-order valence-electron chi connectivity index (χ4n) is 4.27. The van der Waals surface area contributed by atoms with E-state index in [0.29, 0.717) is 30.9 Å². The smallest absolute Gasteiger partial charge is 0.330 e. The Bertz CT molecular complexity index is 1370. The van der Waals surface area contributed by atoms with Gasteiger partial charge in [0.2, 0.25) is 0 Å². The van der Waals surface area contributed by atoms with E-state index in [1.807, 2.05) is 29.3 Å². The van der Waals surface area contributed by atoms with Crippen molar-refractivity contribution in [2.75, 3.05) is 38.1 Å². The lowest BCUT2D eigenvalue weighted by Gasteiger charge is -2.36. The van der Waals surface area contributed by atoms with Gasteiger partial charge in [0.05, 0.1) is 16.7 Å². The van der Waals surface area contributed by atoms with Crippen LogP contribution in [0.25, 0.3) is 16.6 Å². The molecule has 1 aromatic carbocycles. The number of hydrogen-bond donors (Lipinski definition) is 2. The Hall–Kier alpha value is -3.72. The lowest BCUT2D eigenvalue weighted by molar-refractivity contribution is 0.0962. The molecule has 5 rings (SSSR count). The summed E-state index contributed by atoms with van der Waals surface area (Å²) in [6.07, 6.45) is 3.56. The van der Waals surface area contributed by atoms with Crippen LogP contribution in [0.1, 0.15) is 15.9 Å². The number of aromatic amines is 1. The fraction of sp³-hybridized carbons (Fsp3) is 0.261. The second kappa shape index (κ2) is 8.08. The quantitative estimate of drug-likeness (QED) is 0.513. The van der Waals surface area contributed by atoms with Gasteiger partial charge in [-0.15, -0.1) is 0 Å². The van der Waals surface area contributed by atoms with Crippen LogP contribution < -0.4 is 15.9 Å². The maximum Gasteiger partial charge on any atom is 0.330 e. The van der Waals surface area contributed by atoms with Gasteiger partial charge < -0.3 is 15.2 Å². The minimum Gasteiger partial charge on any atom is -0.367 e. The van der Waals surface area contributed by atoms with Gasteiger partial charge in [-0.25, -0.2) is 9.18 Å². The van der Waals surface area contributed by atoms with Crippen LogP contribution in [-0.4, -0.2) is 58.4 Å². The van der Waals surface area contributed by atoms with E-state index < -0.39 is 0 Å². The number of rotatable bonds is 4. The van der Waals surface area contributed by atoms with Gasteiger partial charge in [-0.2, -0.15) is 0 Å². The van der Waals surface area contributed by atoms with E-state index in [4.69, 9.17) is 0 Å². The number of halogens is 1. The van der Waals surface area contributed by atoms with Crippen molar-refractivity contribution < 1.29 is 9.18 Å². The van der Waals surface area contributed by atoms with Crippen LogP contribution in [0.2, 0.25) is 0 Å². The molecule has 1 fully saturated rings. The summed E-state index contributed by atoms with van der Waals surface area (Å²) in [5, 5.41) is 2.51. The average Bonchev–Trinajstić information content (AvgIpc) is 3.30. The highest BCUT2D eigenvalue weighted by atomic mass is 19.1. The number of benzene rings is 1. The Balaban J connectivity index is 1.28. The Labute approximate surface area is 183 Å². The van der Waals surface area contributed by atoms with Gasteiger partial charge in [-0.3, -0.25) is 19.1 Å². The van der Waals surface area contributed by atoms with E-state index in [2.05, 4.69) is 20.2 Å². The number of carbonyl (C=O) groups is 1. The van der Waals surface area contributed by atoms with Crippen LogP contribution >= 0.6 is 0 Å². The third-order valence-corrected chi connectivity index (χ3v) is 5.95. The van der Waals surface area contributed by atoms with Crippen LogP contribution in [0.4, 0.5) is 10.1 Å². The molecule has 4 heterocycles. The monoisotopic (exact) mass is 434 g/mol. The highest BCUT2D eigenvalue weighted by Crippen LogP contribution is 2.23. The first kappa shape index (κ1) is 20.2. The van der Waals surface area contributed by atoms with E-state index >= 15 is 0 Å². The predicted octanol–water partition coefficient (Wildman–Crippen LogP) is 2.00. The van der Waals surface area contributed by atoms with Gasteiger partial charge in [0.25, 0.3) is 5.91 Å². The molecule has 4 aromatic rings. The number of aromatic nitrogens is 3. The zero-order valence-electron chi connectivity index (χ0n) is 17.6. The van der Waals surface area contributed by atoms with Gasteiger partial charge in [0, 0.05) is 57.7 Å². The SMILES string of the molecule is CNC(=O)c1ccc(N2CCN(Cc3cnc4c(c3)[nH]c(=O)n3cccc43)CC2)c(F)c1. The van der Waals surface area contributed by atoms with Crippen molar-refractivity contribution >= 4 is 28.1 Å². The lowest BCUT2D eigenvalue weighted by Crippen LogP contribution is -2.46. The summed E-state index contributed by atoms with van der Waals surface area (Å²) in [7, 11) is 1.53. The second-order valence-electron chi connectivity index (χ2n) is 7.94. The summed E-state index contributed by atoms with van der Waals surface area (Å²) in [5.74, 6) is -0.692. The molecule has 0 bridgehead atoms. The van der Waals surface area contributed by atoms with Crippen molar-refractivity contribution in [1.29, 1.82) is 0 Å². The zero-order chi connectivity index (χ0) is 22.2. The Morgan fingerprint density at radius 3 is 2.75 bits per heavy atom. The third-order valence-electron chi connectivity index (χ3n) is 5.95. The predicted molar refractivity (Wildman–Crippen MR) is 121 cm³/mol. The van der Waals surface area contributed by atoms with E-state index in [1.54, 1.807) is 22.7 Å². The minimum atomic E-state index is -0.390. The summed E-state index contributed by atoms with van der Waals surface area (Å²) in [5.41, 5.74) is 3.92. The standard InChI is InChI=1S/C23H23FN6O2/c1-25-22(31)16-4-5-19(17(24)12-16)29-9-7-28(8-10-29)14-15-11-18-21(26-13-15)20-3-2-6-30(20)23(32)27-18/h2-6,11-13H,7-10,14H2,1H3,(H,25,31)(H,27,32). The summed E-state index contributed by atoms with van der Waals surface area (Å²) in [4.78, 5) is 35.7. The lowest BCUT2D eigenvalue weighted by atomic mass is 10.1. The van der Waals surface area contributed by atoms with Crippen LogP contribution in [0.3, 0.4) is 0 Å². The molecule has 0 spiro atoms. The first-order valence-electron chi connectivity index (χ1n) is 10.5. The number of fused-ring (bicyclic) bond motifs is 3. The Morgan fingerprint density at radius 1 is 1.19 bits per heavy atom. The third kappa shape index (κ3) is 3.60. The van der Waals surface area contributed by atoms with Crippen molar-refractivity contribution in [1.82, 2.24) is 24.6 Å². The second-order valence-corrected chi connectivity index (χ2v) is 7.94. The van der Waals surface area contributed by atoms with E-state index in [0.717, 1.165) is 35.2 Å². The van der Waals surface area contributed by atoms with Gasteiger partial charge in [-0.05, 0) is 42.0 Å². The molecule has 1 amide bonds.